The largest absolute Gasteiger partial charge is 0.471 e. The zero-order chi connectivity index (χ0) is 21.9. The lowest BCUT2D eigenvalue weighted by molar-refractivity contribution is -0.185. The van der Waals surface area contributed by atoms with Gasteiger partial charge in [-0.15, -0.1) is 11.3 Å². The van der Waals surface area contributed by atoms with Crippen molar-refractivity contribution in [3.8, 4) is 0 Å². The van der Waals surface area contributed by atoms with E-state index in [2.05, 4.69) is 10.6 Å². The number of amides is 2. The molecule has 1 aliphatic heterocycles. The molecule has 1 aromatic heterocycles. The van der Waals surface area contributed by atoms with Crippen LogP contribution in [0.1, 0.15) is 9.67 Å². The van der Waals surface area contributed by atoms with Crippen LogP contribution in [0, 0.1) is 0 Å². The Kier molecular flexibility index (Phi) is 6.84. The number of anilines is 2. The Morgan fingerprint density at radius 2 is 1.83 bits per heavy atom. The Morgan fingerprint density at radius 1 is 1.13 bits per heavy atom. The lowest BCUT2D eigenvalue weighted by atomic mass is 10.2. The van der Waals surface area contributed by atoms with Gasteiger partial charge in [-0.1, -0.05) is 17.7 Å². The number of thiophene rings is 1. The second-order valence-corrected chi connectivity index (χ2v) is 8.12. The molecule has 12 heteroatoms. The van der Waals surface area contributed by atoms with Gasteiger partial charge < -0.3 is 15.1 Å². The van der Waals surface area contributed by atoms with Gasteiger partial charge in [-0.3, -0.25) is 14.9 Å². The van der Waals surface area contributed by atoms with Crippen molar-refractivity contribution in [2.45, 2.75) is 6.18 Å². The zero-order valence-corrected chi connectivity index (χ0v) is 17.7. The van der Waals surface area contributed by atoms with Crippen molar-refractivity contribution < 1.29 is 22.8 Å². The van der Waals surface area contributed by atoms with E-state index < -0.39 is 12.1 Å². The number of benzene rings is 1. The van der Waals surface area contributed by atoms with Gasteiger partial charge in [-0.25, -0.2) is 0 Å². The van der Waals surface area contributed by atoms with Gasteiger partial charge >= 0.3 is 12.1 Å². The van der Waals surface area contributed by atoms with Crippen molar-refractivity contribution in [3.63, 3.8) is 0 Å². The van der Waals surface area contributed by atoms with Gasteiger partial charge in [-0.05, 0) is 41.9 Å². The maximum atomic E-state index is 12.6. The van der Waals surface area contributed by atoms with Crippen LogP contribution < -0.4 is 15.5 Å². The first-order valence-electron chi connectivity index (χ1n) is 8.71. The monoisotopic (exact) mass is 476 g/mol. The highest BCUT2D eigenvalue weighted by atomic mass is 35.5. The van der Waals surface area contributed by atoms with E-state index in [9.17, 15) is 22.8 Å². The number of halogens is 4. The minimum Gasteiger partial charge on any atom is -0.366 e. The molecule has 2 aromatic rings. The number of hydrogen-bond donors (Lipinski definition) is 2. The van der Waals surface area contributed by atoms with Gasteiger partial charge in [0.2, 0.25) is 0 Å². The standard InChI is InChI=1S/C18H16ClF3N4O2S2/c19-11-3-4-13(25-5-7-26(8-6-25)16(28)18(20,21)22)12(10-11)23-17(29)24-15(27)14-2-1-9-30-14/h1-4,9-10H,5-8H2,(H2,23,24,27,29). The summed E-state index contributed by atoms with van der Waals surface area (Å²) in [7, 11) is 0. The van der Waals surface area contributed by atoms with Crippen molar-refractivity contribution >= 4 is 63.5 Å². The third-order valence-electron chi connectivity index (χ3n) is 4.33. The summed E-state index contributed by atoms with van der Waals surface area (Å²) in [6.45, 7) is 0.263. The Balaban J connectivity index is 1.68. The van der Waals surface area contributed by atoms with Crippen molar-refractivity contribution in [3.05, 3.63) is 45.6 Å². The van der Waals surface area contributed by atoms with Crippen molar-refractivity contribution in [2.75, 3.05) is 36.4 Å². The van der Waals surface area contributed by atoms with Crippen LogP contribution in [0.25, 0.3) is 0 Å². The molecular formula is C18H16ClF3N4O2S2. The summed E-state index contributed by atoms with van der Waals surface area (Å²) >= 11 is 12.6. The fourth-order valence-corrected chi connectivity index (χ4v) is 3.93. The second kappa shape index (κ2) is 9.19. The number of nitrogens with zero attached hydrogens (tertiary/aromatic N) is 2. The summed E-state index contributed by atoms with van der Waals surface area (Å²) in [6.07, 6.45) is -4.89. The van der Waals surface area contributed by atoms with E-state index in [0.717, 1.165) is 4.90 Å². The Labute approximate surface area is 184 Å². The van der Waals surface area contributed by atoms with Gasteiger partial charge in [-0.2, -0.15) is 13.2 Å². The first kappa shape index (κ1) is 22.3. The van der Waals surface area contributed by atoms with E-state index in [-0.39, 0.29) is 37.2 Å². The molecule has 0 unspecified atom stereocenters. The van der Waals surface area contributed by atoms with Crippen LogP contribution in [0.3, 0.4) is 0 Å². The molecule has 0 bridgehead atoms. The fourth-order valence-electron chi connectivity index (χ4n) is 2.94. The lowest BCUT2D eigenvalue weighted by Crippen LogP contribution is -2.52. The predicted octanol–water partition coefficient (Wildman–Crippen LogP) is 3.74. The average Bonchev–Trinajstić information content (AvgIpc) is 3.22. The Morgan fingerprint density at radius 3 is 2.43 bits per heavy atom. The molecule has 0 radical (unpaired) electrons. The van der Waals surface area contributed by atoms with Gasteiger partial charge in [0, 0.05) is 31.2 Å². The summed E-state index contributed by atoms with van der Waals surface area (Å²) in [6, 6.07) is 8.36. The van der Waals surface area contributed by atoms with Crippen LogP contribution in [0.15, 0.2) is 35.7 Å². The molecule has 1 aromatic carbocycles. The summed E-state index contributed by atoms with van der Waals surface area (Å²) in [5, 5.41) is 7.73. The quantitative estimate of drug-likeness (QED) is 0.661. The summed E-state index contributed by atoms with van der Waals surface area (Å²) in [5.74, 6) is -2.19. The van der Waals surface area contributed by atoms with E-state index >= 15 is 0 Å². The molecule has 3 rings (SSSR count). The predicted molar refractivity (Wildman–Crippen MR) is 114 cm³/mol. The van der Waals surface area contributed by atoms with Crippen molar-refractivity contribution in [1.82, 2.24) is 10.2 Å². The van der Waals surface area contributed by atoms with Gasteiger partial charge in [0.05, 0.1) is 16.3 Å². The first-order chi connectivity index (χ1) is 14.1. The first-order valence-corrected chi connectivity index (χ1v) is 10.4. The maximum Gasteiger partial charge on any atom is 0.471 e. The highest BCUT2D eigenvalue weighted by Gasteiger charge is 2.43. The fraction of sp³-hybridized carbons (Fsp3) is 0.278. The van der Waals surface area contributed by atoms with Crippen LogP contribution in [-0.2, 0) is 4.79 Å². The molecule has 0 atom stereocenters. The number of thiocarbonyl (C=S) groups is 1. The Hall–Kier alpha value is -2.37. The van der Waals surface area contributed by atoms with Crippen LogP contribution in [-0.4, -0.2) is 54.2 Å². The van der Waals surface area contributed by atoms with E-state index in [0.29, 0.717) is 21.3 Å². The minimum absolute atomic E-state index is 0.0581. The molecule has 6 nitrogen and oxygen atoms in total. The molecule has 0 spiro atoms. The van der Waals surface area contributed by atoms with E-state index in [1.807, 2.05) is 4.90 Å². The summed E-state index contributed by atoms with van der Waals surface area (Å²) in [5.41, 5.74) is 1.14. The summed E-state index contributed by atoms with van der Waals surface area (Å²) in [4.78, 5) is 26.7. The van der Waals surface area contributed by atoms with Gasteiger partial charge in [0.15, 0.2) is 5.11 Å². The topological polar surface area (TPSA) is 64.7 Å². The molecule has 1 aliphatic rings. The molecule has 30 heavy (non-hydrogen) atoms. The second-order valence-electron chi connectivity index (χ2n) is 6.32. The Bertz CT molecular complexity index is 945. The SMILES string of the molecule is O=C(NC(=S)Nc1cc(Cl)ccc1N1CCN(C(=O)C(F)(F)F)CC1)c1cccs1. The van der Waals surface area contributed by atoms with E-state index in [4.69, 9.17) is 23.8 Å². The van der Waals surface area contributed by atoms with Gasteiger partial charge in [0.25, 0.3) is 5.91 Å². The molecule has 1 fully saturated rings. The van der Waals surface area contributed by atoms with Crippen LogP contribution >= 0.6 is 35.2 Å². The van der Waals surface area contributed by atoms with Crippen LogP contribution in [0.5, 0.6) is 0 Å². The number of piperazine rings is 1. The van der Waals surface area contributed by atoms with Crippen LogP contribution in [0.4, 0.5) is 24.5 Å². The lowest BCUT2D eigenvalue weighted by Gasteiger charge is -2.37. The summed E-state index contributed by atoms with van der Waals surface area (Å²) < 4.78 is 37.9. The molecule has 160 valence electrons. The normalized spacial score (nSPS) is 14.4. The number of carbonyl (C=O) groups is 2. The minimum atomic E-state index is -4.89. The molecule has 1 saturated heterocycles. The highest BCUT2D eigenvalue weighted by molar-refractivity contribution is 7.80. The number of carbonyl (C=O) groups excluding carboxylic acids is 2. The maximum absolute atomic E-state index is 12.6. The third-order valence-corrected chi connectivity index (χ3v) is 5.64. The number of hydrogen-bond acceptors (Lipinski definition) is 5. The average molecular weight is 477 g/mol. The zero-order valence-electron chi connectivity index (χ0n) is 15.3. The third kappa shape index (κ3) is 5.41. The number of nitrogens with one attached hydrogen (secondary N) is 2. The number of rotatable bonds is 3. The van der Waals surface area contributed by atoms with Crippen molar-refractivity contribution in [1.29, 1.82) is 0 Å². The molecule has 2 N–H and O–H groups in total. The smallest absolute Gasteiger partial charge is 0.366 e. The highest BCUT2D eigenvalue weighted by Crippen LogP contribution is 2.30. The number of alkyl halides is 3. The van der Waals surface area contributed by atoms with E-state index in [1.54, 1.807) is 35.7 Å². The van der Waals surface area contributed by atoms with Crippen LogP contribution in [0.2, 0.25) is 5.02 Å². The molecule has 2 heterocycles. The van der Waals surface area contributed by atoms with Crippen molar-refractivity contribution in [2.24, 2.45) is 0 Å². The molecule has 0 saturated carbocycles. The van der Waals surface area contributed by atoms with Gasteiger partial charge in [0.1, 0.15) is 0 Å². The molecular weight excluding hydrogens is 461 g/mol. The molecule has 0 aliphatic carbocycles. The van der Waals surface area contributed by atoms with E-state index in [1.165, 1.54) is 11.3 Å². The molecule has 2 amide bonds.